The number of rotatable bonds is 3. The molecule has 2 rings (SSSR count). The summed E-state index contributed by atoms with van der Waals surface area (Å²) in [5.41, 5.74) is 8.73. The van der Waals surface area contributed by atoms with E-state index < -0.39 is 0 Å². The van der Waals surface area contributed by atoms with Crippen LogP contribution < -0.4 is 5.73 Å². The second-order valence-electron chi connectivity index (χ2n) is 3.96. The highest BCUT2D eigenvalue weighted by Crippen LogP contribution is 2.30. The predicted molar refractivity (Wildman–Crippen MR) is 81.5 cm³/mol. The minimum Gasteiger partial charge on any atom is -0.324 e. The van der Waals surface area contributed by atoms with E-state index in [1.807, 2.05) is 12.1 Å². The van der Waals surface area contributed by atoms with Gasteiger partial charge in [0.25, 0.3) is 0 Å². The molecule has 1 atom stereocenters. The first-order valence-electron chi connectivity index (χ1n) is 5.32. The number of thiophene rings is 1. The van der Waals surface area contributed by atoms with Gasteiger partial charge in [0.05, 0.1) is 0 Å². The standard InChI is InChI=1S/C13H13Br2NS/c1-8-9(3-2-4-10(8)14)12(16)7-13-11(15)5-6-17-13/h2-6,12H,7,16H2,1H3. The van der Waals surface area contributed by atoms with E-state index in [-0.39, 0.29) is 6.04 Å². The third kappa shape index (κ3) is 2.99. The summed E-state index contributed by atoms with van der Waals surface area (Å²) in [6.07, 6.45) is 0.871. The Bertz CT molecular complexity index is 522. The van der Waals surface area contributed by atoms with Crippen molar-refractivity contribution in [2.45, 2.75) is 19.4 Å². The highest BCUT2D eigenvalue weighted by molar-refractivity contribution is 9.10. The monoisotopic (exact) mass is 373 g/mol. The number of benzene rings is 1. The van der Waals surface area contributed by atoms with E-state index in [0.29, 0.717) is 0 Å². The Hall–Kier alpha value is -0.160. The Morgan fingerprint density at radius 3 is 2.65 bits per heavy atom. The lowest BCUT2D eigenvalue weighted by Crippen LogP contribution is -2.14. The molecule has 0 spiro atoms. The highest BCUT2D eigenvalue weighted by atomic mass is 79.9. The molecule has 1 unspecified atom stereocenters. The summed E-state index contributed by atoms with van der Waals surface area (Å²) in [5.74, 6) is 0. The Balaban J connectivity index is 2.23. The molecule has 0 aliphatic carbocycles. The van der Waals surface area contributed by atoms with Gasteiger partial charge in [-0.2, -0.15) is 0 Å². The van der Waals surface area contributed by atoms with E-state index in [2.05, 4.69) is 56.3 Å². The van der Waals surface area contributed by atoms with Crippen molar-refractivity contribution in [3.05, 3.63) is 54.6 Å². The van der Waals surface area contributed by atoms with Crippen LogP contribution >= 0.6 is 43.2 Å². The first-order chi connectivity index (χ1) is 8.09. The Morgan fingerprint density at radius 1 is 1.24 bits per heavy atom. The highest BCUT2D eigenvalue weighted by Gasteiger charge is 2.13. The zero-order chi connectivity index (χ0) is 12.4. The van der Waals surface area contributed by atoms with Crippen LogP contribution in [0, 0.1) is 6.92 Å². The average molecular weight is 375 g/mol. The van der Waals surface area contributed by atoms with Crippen LogP contribution in [0.25, 0.3) is 0 Å². The van der Waals surface area contributed by atoms with E-state index in [1.165, 1.54) is 16.0 Å². The summed E-state index contributed by atoms with van der Waals surface area (Å²) in [6, 6.07) is 8.30. The first kappa shape index (κ1) is 13.3. The quantitative estimate of drug-likeness (QED) is 0.818. The summed E-state index contributed by atoms with van der Waals surface area (Å²) in [6.45, 7) is 2.10. The molecule has 0 fully saturated rings. The van der Waals surface area contributed by atoms with Crippen molar-refractivity contribution in [2.75, 3.05) is 0 Å². The van der Waals surface area contributed by atoms with Crippen molar-refractivity contribution in [1.82, 2.24) is 0 Å². The minimum absolute atomic E-state index is 0.0439. The maximum Gasteiger partial charge on any atom is 0.0347 e. The van der Waals surface area contributed by atoms with Crippen LogP contribution in [-0.2, 0) is 6.42 Å². The summed E-state index contributed by atoms with van der Waals surface area (Å²) >= 11 is 8.83. The van der Waals surface area contributed by atoms with E-state index in [1.54, 1.807) is 11.3 Å². The minimum atomic E-state index is 0.0439. The molecule has 1 aromatic carbocycles. The molecular weight excluding hydrogens is 362 g/mol. The van der Waals surface area contributed by atoms with Crippen LogP contribution in [0.3, 0.4) is 0 Å². The van der Waals surface area contributed by atoms with Crippen molar-refractivity contribution in [3.63, 3.8) is 0 Å². The maximum absolute atomic E-state index is 6.29. The summed E-state index contributed by atoms with van der Waals surface area (Å²) < 4.78 is 2.28. The smallest absolute Gasteiger partial charge is 0.0347 e. The summed E-state index contributed by atoms with van der Waals surface area (Å²) in [7, 11) is 0. The molecule has 0 amide bonds. The zero-order valence-electron chi connectivity index (χ0n) is 9.41. The normalized spacial score (nSPS) is 12.7. The fourth-order valence-corrected chi connectivity index (χ4v) is 3.76. The van der Waals surface area contributed by atoms with Crippen LogP contribution in [0.2, 0.25) is 0 Å². The zero-order valence-corrected chi connectivity index (χ0v) is 13.4. The molecule has 0 aliphatic rings. The first-order valence-corrected chi connectivity index (χ1v) is 7.78. The van der Waals surface area contributed by atoms with E-state index in [4.69, 9.17) is 5.73 Å². The van der Waals surface area contributed by atoms with Crippen LogP contribution in [-0.4, -0.2) is 0 Å². The lowest BCUT2D eigenvalue weighted by atomic mass is 9.99. The van der Waals surface area contributed by atoms with Crippen LogP contribution in [0.1, 0.15) is 22.0 Å². The second kappa shape index (κ2) is 5.65. The van der Waals surface area contributed by atoms with Gasteiger partial charge in [-0.15, -0.1) is 11.3 Å². The van der Waals surface area contributed by atoms with Gasteiger partial charge in [-0.05, 0) is 51.5 Å². The van der Waals surface area contributed by atoms with Crippen LogP contribution in [0.15, 0.2) is 38.6 Å². The van der Waals surface area contributed by atoms with Gasteiger partial charge in [-0.3, -0.25) is 0 Å². The molecule has 0 saturated carbocycles. The van der Waals surface area contributed by atoms with Crippen LogP contribution in [0.5, 0.6) is 0 Å². The van der Waals surface area contributed by atoms with Gasteiger partial charge >= 0.3 is 0 Å². The van der Waals surface area contributed by atoms with E-state index in [0.717, 1.165) is 15.4 Å². The molecule has 0 aliphatic heterocycles. The third-order valence-electron chi connectivity index (χ3n) is 2.81. The molecule has 1 aromatic heterocycles. The van der Waals surface area contributed by atoms with Crippen molar-refractivity contribution in [3.8, 4) is 0 Å². The van der Waals surface area contributed by atoms with Crippen LogP contribution in [0.4, 0.5) is 0 Å². The molecule has 0 radical (unpaired) electrons. The maximum atomic E-state index is 6.29. The van der Waals surface area contributed by atoms with E-state index in [9.17, 15) is 0 Å². The molecule has 1 nitrogen and oxygen atoms in total. The van der Waals surface area contributed by atoms with Crippen molar-refractivity contribution >= 4 is 43.2 Å². The largest absolute Gasteiger partial charge is 0.324 e. The number of hydrogen-bond acceptors (Lipinski definition) is 2. The van der Waals surface area contributed by atoms with E-state index >= 15 is 0 Å². The Labute approximate surface area is 122 Å². The van der Waals surface area contributed by atoms with Crippen molar-refractivity contribution in [2.24, 2.45) is 5.73 Å². The topological polar surface area (TPSA) is 26.0 Å². The lowest BCUT2D eigenvalue weighted by molar-refractivity contribution is 0.722. The van der Waals surface area contributed by atoms with Gasteiger partial charge in [-0.1, -0.05) is 28.1 Å². The molecule has 4 heteroatoms. The summed E-state index contributed by atoms with van der Waals surface area (Å²) in [4.78, 5) is 1.30. The SMILES string of the molecule is Cc1c(Br)cccc1C(N)Cc1sccc1Br. The summed E-state index contributed by atoms with van der Waals surface area (Å²) in [5, 5.41) is 2.08. The molecule has 1 heterocycles. The third-order valence-corrected chi connectivity index (χ3v) is 5.61. The van der Waals surface area contributed by atoms with Gasteiger partial charge in [-0.25, -0.2) is 0 Å². The Morgan fingerprint density at radius 2 is 2.00 bits per heavy atom. The molecule has 90 valence electrons. The molecular formula is C13H13Br2NS. The van der Waals surface area contributed by atoms with Gasteiger partial charge < -0.3 is 5.73 Å². The Kier molecular flexibility index (Phi) is 4.42. The fourth-order valence-electron chi connectivity index (χ4n) is 1.81. The van der Waals surface area contributed by atoms with Gasteiger partial charge in [0.2, 0.25) is 0 Å². The van der Waals surface area contributed by atoms with Gasteiger partial charge in [0.1, 0.15) is 0 Å². The fraction of sp³-hybridized carbons (Fsp3) is 0.231. The number of halogens is 2. The average Bonchev–Trinajstić information content (AvgIpc) is 2.68. The molecule has 2 N–H and O–H groups in total. The van der Waals surface area contributed by atoms with Crippen molar-refractivity contribution < 1.29 is 0 Å². The predicted octanol–water partition coefficient (Wildman–Crippen LogP) is 4.82. The number of nitrogens with two attached hydrogens (primary N) is 1. The lowest BCUT2D eigenvalue weighted by Gasteiger charge is -2.15. The number of hydrogen-bond donors (Lipinski definition) is 1. The van der Waals surface area contributed by atoms with Crippen molar-refractivity contribution in [1.29, 1.82) is 0 Å². The molecule has 0 saturated heterocycles. The van der Waals surface area contributed by atoms with Gasteiger partial charge in [0.15, 0.2) is 0 Å². The second-order valence-corrected chi connectivity index (χ2v) is 6.67. The van der Waals surface area contributed by atoms with Gasteiger partial charge in [0, 0.05) is 26.3 Å². The molecule has 0 bridgehead atoms. The molecule has 17 heavy (non-hydrogen) atoms. The molecule has 2 aromatic rings.